The summed E-state index contributed by atoms with van der Waals surface area (Å²) in [5.74, 6) is 0. The molecule has 0 saturated carbocycles. The van der Waals surface area contributed by atoms with Crippen molar-refractivity contribution in [3.05, 3.63) is 198 Å². The first kappa shape index (κ1) is 33.9. The molecular weight excluding hydrogens is 709 g/mol. The number of rotatable bonds is 5. The van der Waals surface area contributed by atoms with E-state index in [9.17, 15) is 15.8 Å². The van der Waals surface area contributed by atoms with Gasteiger partial charge in [-0.05, 0) is 88.5 Å². The summed E-state index contributed by atoms with van der Waals surface area (Å²) in [4.78, 5) is 3.59. The number of fused-ring (bicyclic) bond motifs is 6. The standard InChI is InChI=1S/C52H28N6/c1-56-41-21-17-37(18-22-41)39-20-24-45-43-10-3-5-12-47(43)58(49(45)29-39)51-27-35(32-55)26-50(52(51)40-8-6-7-34(25-40)31-54)57-46-11-4-2-9-42(46)44-23-19-38(28-48(44)57)36-15-13-33(30-53)14-16-36/h2-29H. The van der Waals surface area contributed by atoms with Crippen LogP contribution in [0.3, 0.4) is 0 Å². The highest BCUT2D eigenvalue weighted by atomic mass is 15.0. The second-order valence-electron chi connectivity index (χ2n) is 14.2. The predicted molar refractivity (Wildman–Crippen MR) is 232 cm³/mol. The number of nitriles is 3. The van der Waals surface area contributed by atoms with Crippen molar-refractivity contribution in [1.82, 2.24) is 9.13 Å². The number of hydrogen-bond acceptors (Lipinski definition) is 3. The Morgan fingerprint density at radius 3 is 1.38 bits per heavy atom. The molecular formula is C52H28N6. The van der Waals surface area contributed by atoms with Crippen molar-refractivity contribution in [2.24, 2.45) is 0 Å². The van der Waals surface area contributed by atoms with E-state index >= 15 is 0 Å². The second kappa shape index (κ2) is 13.6. The van der Waals surface area contributed by atoms with Crippen LogP contribution in [0.15, 0.2) is 170 Å². The Kier molecular flexibility index (Phi) is 7.92. The zero-order valence-corrected chi connectivity index (χ0v) is 30.8. The fraction of sp³-hybridized carbons (Fsp3) is 0. The van der Waals surface area contributed by atoms with Crippen molar-refractivity contribution >= 4 is 49.3 Å². The third-order valence-corrected chi connectivity index (χ3v) is 11.0. The third kappa shape index (κ3) is 5.38. The van der Waals surface area contributed by atoms with E-state index in [0.717, 1.165) is 88.4 Å². The van der Waals surface area contributed by atoms with Crippen LogP contribution in [-0.2, 0) is 0 Å². The summed E-state index contributed by atoms with van der Waals surface area (Å²) >= 11 is 0. The minimum Gasteiger partial charge on any atom is -0.308 e. The van der Waals surface area contributed by atoms with Crippen molar-refractivity contribution in [1.29, 1.82) is 15.8 Å². The molecule has 0 bridgehead atoms. The van der Waals surface area contributed by atoms with Gasteiger partial charge in [-0.2, -0.15) is 15.8 Å². The monoisotopic (exact) mass is 736 g/mol. The summed E-state index contributed by atoms with van der Waals surface area (Å²) < 4.78 is 4.49. The minimum absolute atomic E-state index is 0.483. The molecule has 0 N–H and O–H groups in total. The predicted octanol–water partition coefficient (Wildman–Crippen LogP) is 13.0. The van der Waals surface area contributed by atoms with Gasteiger partial charge in [-0.1, -0.05) is 109 Å². The molecule has 0 saturated heterocycles. The van der Waals surface area contributed by atoms with Gasteiger partial charge in [0.2, 0.25) is 0 Å². The van der Waals surface area contributed by atoms with Gasteiger partial charge < -0.3 is 9.13 Å². The van der Waals surface area contributed by atoms with E-state index in [1.807, 2.05) is 109 Å². The molecule has 0 aliphatic rings. The summed E-state index contributed by atoms with van der Waals surface area (Å²) in [6.07, 6.45) is 0. The van der Waals surface area contributed by atoms with Crippen LogP contribution in [0.5, 0.6) is 0 Å². The van der Waals surface area contributed by atoms with E-state index in [-0.39, 0.29) is 0 Å². The van der Waals surface area contributed by atoms with Gasteiger partial charge >= 0.3 is 0 Å². The minimum atomic E-state index is 0.483. The first-order valence-electron chi connectivity index (χ1n) is 18.7. The van der Waals surface area contributed by atoms with Gasteiger partial charge in [0.1, 0.15) is 0 Å². The molecule has 0 spiro atoms. The molecule has 2 aromatic heterocycles. The Hall–Kier alpha value is -8.68. The van der Waals surface area contributed by atoms with Crippen LogP contribution in [0.2, 0.25) is 0 Å². The quantitative estimate of drug-likeness (QED) is 0.165. The van der Waals surface area contributed by atoms with Crippen molar-refractivity contribution in [2.45, 2.75) is 0 Å². The summed E-state index contributed by atoms with van der Waals surface area (Å²) in [5.41, 5.74) is 13.3. The lowest BCUT2D eigenvalue weighted by Gasteiger charge is -2.21. The molecule has 0 atom stereocenters. The van der Waals surface area contributed by atoms with Gasteiger partial charge in [0.15, 0.2) is 5.69 Å². The van der Waals surface area contributed by atoms with Crippen molar-refractivity contribution in [3.63, 3.8) is 0 Å². The summed E-state index contributed by atoms with van der Waals surface area (Å²) in [6.45, 7) is 7.45. The van der Waals surface area contributed by atoms with E-state index in [2.05, 4.69) is 92.9 Å². The van der Waals surface area contributed by atoms with Crippen LogP contribution in [0.1, 0.15) is 16.7 Å². The summed E-state index contributed by atoms with van der Waals surface area (Å²) in [7, 11) is 0. The van der Waals surface area contributed by atoms with E-state index in [1.54, 1.807) is 0 Å². The number of benzene rings is 8. The van der Waals surface area contributed by atoms with E-state index in [0.29, 0.717) is 22.4 Å². The van der Waals surface area contributed by atoms with Crippen LogP contribution in [-0.4, -0.2) is 9.13 Å². The molecule has 0 aliphatic heterocycles. The van der Waals surface area contributed by atoms with Crippen LogP contribution in [0.25, 0.3) is 93.2 Å². The maximum absolute atomic E-state index is 10.8. The largest absolute Gasteiger partial charge is 0.308 e. The number of nitrogens with zero attached hydrogens (tertiary/aromatic N) is 6. The lowest BCUT2D eigenvalue weighted by molar-refractivity contribution is 1.13. The fourth-order valence-corrected chi connectivity index (χ4v) is 8.35. The Balaban J connectivity index is 1.34. The van der Waals surface area contributed by atoms with E-state index < -0.39 is 0 Å². The van der Waals surface area contributed by atoms with Gasteiger partial charge in [0.05, 0.1) is 74.9 Å². The number of para-hydroxylation sites is 2. The Morgan fingerprint density at radius 2 is 0.862 bits per heavy atom. The molecule has 8 aromatic carbocycles. The van der Waals surface area contributed by atoms with E-state index in [4.69, 9.17) is 6.57 Å². The molecule has 0 unspecified atom stereocenters. The van der Waals surface area contributed by atoms with Gasteiger partial charge in [-0.15, -0.1) is 0 Å². The van der Waals surface area contributed by atoms with Gasteiger partial charge in [0, 0.05) is 27.1 Å². The maximum atomic E-state index is 10.8. The molecule has 266 valence electrons. The van der Waals surface area contributed by atoms with Gasteiger partial charge in [-0.3, -0.25) is 0 Å². The summed E-state index contributed by atoms with van der Waals surface area (Å²) in [5, 5.41) is 34.7. The second-order valence-corrected chi connectivity index (χ2v) is 14.2. The normalized spacial score (nSPS) is 11.0. The molecule has 6 nitrogen and oxygen atoms in total. The van der Waals surface area contributed by atoms with Gasteiger partial charge in [-0.25, -0.2) is 4.85 Å². The van der Waals surface area contributed by atoms with Crippen LogP contribution in [0.4, 0.5) is 5.69 Å². The highest BCUT2D eigenvalue weighted by Crippen LogP contribution is 2.44. The highest BCUT2D eigenvalue weighted by Gasteiger charge is 2.24. The molecule has 2 heterocycles. The molecule has 0 fully saturated rings. The smallest absolute Gasteiger partial charge is 0.187 e. The number of hydrogen-bond donors (Lipinski definition) is 0. The first-order chi connectivity index (χ1) is 28.6. The van der Waals surface area contributed by atoms with Crippen molar-refractivity contribution in [3.8, 4) is 63.0 Å². The summed E-state index contributed by atoms with van der Waals surface area (Å²) in [6, 6.07) is 63.4. The van der Waals surface area contributed by atoms with Crippen LogP contribution in [0, 0.1) is 40.6 Å². The lowest BCUT2D eigenvalue weighted by atomic mass is 9.96. The Bertz CT molecular complexity index is 3290. The van der Waals surface area contributed by atoms with Gasteiger partial charge in [0.25, 0.3) is 0 Å². The molecule has 0 amide bonds. The molecule has 6 heteroatoms. The molecule has 10 aromatic rings. The lowest BCUT2D eigenvalue weighted by Crippen LogP contribution is -2.05. The van der Waals surface area contributed by atoms with Crippen LogP contribution < -0.4 is 0 Å². The van der Waals surface area contributed by atoms with Crippen LogP contribution >= 0.6 is 0 Å². The third-order valence-electron chi connectivity index (χ3n) is 11.0. The average Bonchev–Trinajstić information content (AvgIpc) is 3.80. The topological polar surface area (TPSA) is 85.6 Å². The van der Waals surface area contributed by atoms with Crippen molar-refractivity contribution in [2.75, 3.05) is 0 Å². The molecule has 0 radical (unpaired) electrons. The SMILES string of the molecule is [C-]#[N+]c1ccc(-c2ccc3c4ccccc4n(-c4cc(C#N)cc(-n5c6ccccc6c6ccc(-c7ccc(C#N)cc7)cc65)c4-c4cccc(C#N)c4)c3c2)cc1. The molecule has 10 rings (SSSR count). The van der Waals surface area contributed by atoms with E-state index in [1.165, 1.54) is 0 Å². The maximum Gasteiger partial charge on any atom is 0.187 e. The number of aromatic nitrogens is 2. The molecule has 58 heavy (non-hydrogen) atoms. The fourth-order valence-electron chi connectivity index (χ4n) is 8.35. The molecule has 0 aliphatic carbocycles. The zero-order chi connectivity index (χ0) is 39.3. The highest BCUT2D eigenvalue weighted by molar-refractivity contribution is 6.13. The zero-order valence-electron chi connectivity index (χ0n) is 30.8. The Morgan fingerprint density at radius 1 is 0.379 bits per heavy atom. The first-order valence-corrected chi connectivity index (χ1v) is 18.7. The average molecular weight is 737 g/mol. The Labute approximate surface area is 334 Å². The van der Waals surface area contributed by atoms with Crippen molar-refractivity contribution < 1.29 is 0 Å².